The predicted octanol–water partition coefficient (Wildman–Crippen LogP) is 39.9. The third-order valence-corrected chi connectivity index (χ3v) is 20.1. The lowest BCUT2D eigenvalue weighted by Crippen LogP contribution is -1.91. The van der Waals surface area contributed by atoms with E-state index >= 15 is 0 Å². The van der Waals surface area contributed by atoms with Crippen molar-refractivity contribution in [3.8, 4) is 74.0 Å². The molecule has 0 unspecified atom stereocenters. The van der Waals surface area contributed by atoms with Crippen LogP contribution in [-0.4, -0.2) is 46.0 Å². The van der Waals surface area contributed by atoms with E-state index in [4.69, 9.17) is 20.4 Å². The van der Waals surface area contributed by atoms with Gasteiger partial charge in [-0.3, -0.25) is 0 Å². The Morgan fingerprint density at radius 1 is 0.191 bits per heavy atom. The lowest BCUT2D eigenvalue weighted by Gasteiger charge is -2.15. The van der Waals surface area contributed by atoms with Gasteiger partial charge in [-0.2, -0.15) is 0 Å². The summed E-state index contributed by atoms with van der Waals surface area (Å²) >= 11 is 0. The summed E-state index contributed by atoms with van der Waals surface area (Å²) in [6.07, 6.45) is 6.11. The topological polar surface area (TPSA) is 182 Å². The van der Waals surface area contributed by atoms with Crippen molar-refractivity contribution in [1.29, 1.82) is 0 Å². The fraction of sp³-hybridized carbons (Fsp3) is 0.242. The van der Waals surface area contributed by atoms with E-state index in [1.165, 1.54) is 124 Å². The smallest absolute Gasteiger partial charge is 0.123 e. The highest BCUT2D eigenvalue weighted by atomic mass is 16.3. The van der Waals surface area contributed by atoms with Gasteiger partial charge in [-0.1, -0.05) is 512 Å². The molecule has 0 saturated heterocycles. The van der Waals surface area contributed by atoms with Gasteiger partial charge in [0, 0.05) is 27.3 Å². The molecule has 0 heterocycles. The lowest BCUT2D eigenvalue weighted by molar-refractivity contribution is 0.469. The van der Waals surface area contributed by atoms with Crippen LogP contribution in [0.15, 0.2) is 400 Å². The van der Waals surface area contributed by atoms with E-state index in [0.717, 1.165) is 22.8 Å². The van der Waals surface area contributed by atoms with Crippen LogP contribution in [0.2, 0.25) is 0 Å². The summed E-state index contributed by atoms with van der Waals surface area (Å²) < 4.78 is 0. The van der Waals surface area contributed by atoms with E-state index in [1.807, 2.05) is 149 Å². The molecule has 0 saturated carbocycles. The molecule has 0 bridgehead atoms. The molecule has 0 aliphatic heterocycles. The quantitative estimate of drug-likeness (QED) is 0.0758. The molecule has 20 aromatic carbocycles. The van der Waals surface area contributed by atoms with Crippen molar-refractivity contribution in [2.45, 2.75) is 217 Å². The zero-order valence-electron chi connectivity index (χ0n) is 88.8. The SMILES string of the molecule is CC.CC.CC.CC.CC.CC(C)c1ccc2ccc3cccc4ccc1c2c34.CC(C)c1ccc2ccc3cccc4ccc1c2c34.CCC.CCC.CCC.CCC.CCc1ccc(-c2ccc(C)cc2)cc1.Cc1ccc(-c2ccccc2O)c(O)c1.Oc1cccc2c(O)cccc12.Oc1cccc2ccccc12.Oc1ccccc1.Oc1ccccc1.Oc1ccccc1.Oc1ccccc1. The Morgan fingerprint density at radius 3 is 0.759 bits per heavy atom. The van der Waals surface area contributed by atoms with Crippen LogP contribution in [0.1, 0.15) is 225 Å². The van der Waals surface area contributed by atoms with E-state index in [-0.39, 0.29) is 23.0 Å². The highest BCUT2D eigenvalue weighted by molar-refractivity contribution is 6.25. The first kappa shape index (κ1) is 122. The average Bonchev–Trinajstić information content (AvgIpc) is 0.742. The van der Waals surface area contributed by atoms with Crippen molar-refractivity contribution < 1.29 is 46.0 Å². The predicted molar refractivity (Wildman–Crippen MR) is 620 cm³/mol. The number of aryl methyl sites for hydroxylation is 3. The van der Waals surface area contributed by atoms with Crippen molar-refractivity contribution in [2.75, 3.05) is 0 Å². The minimum Gasteiger partial charge on any atom is -0.508 e. The third kappa shape index (κ3) is 41.4. The molecular formula is C132H162O9. The summed E-state index contributed by atoms with van der Waals surface area (Å²) in [5.41, 5.74) is 10.5. The minimum atomic E-state index is 0.177. The van der Waals surface area contributed by atoms with Gasteiger partial charge < -0.3 is 46.0 Å². The maximum atomic E-state index is 9.76. The first-order valence-electron chi connectivity index (χ1n) is 50.5. The summed E-state index contributed by atoms with van der Waals surface area (Å²) in [5, 5.41) is 102. The minimum absolute atomic E-state index is 0.177. The van der Waals surface area contributed by atoms with Gasteiger partial charge in [-0.05, 0) is 214 Å². The molecular weight excluding hydrogens is 1730 g/mol. The van der Waals surface area contributed by atoms with Crippen LogP contribution in [0, 0.1) is 13.8 Å². The Hall–Kier alpha value is -14.8. The fourth-order valence-corrected chi connectivity index (χ4v) is 14.0. The summed E-state index contributed by atoms with van der Waals surface area (Å²) in [7, 11) is 0. The Balaban J connectivity index is 0.000000526. The van der Waals surface area contributed by atoms with Crippen LogP contribution in [0.25, 0.3) is 108 Å². The second-order valence-corrected chi connectivity index (χ2v) is 32.1. The third-order valence-electron chi connectivity index (χ3n) is 20.1. The van der Waals surface area contributed by atoms with Crippen molar-refractivity contribution in [1.82, 2.24) is 0 Å². The number of aromatic hydroxyl groups is 9. The average molecular weight is 1890 g/mol. The number of hydrogen-bond donors (Lipinski definition) is 9. The molecule has 0 aliphatic rings. The number of hydrogen-bond acceptors (Lipinski definition) is 9. The van der Waals surface area contributed by atoms with Gasteiger partial charge in [-0.25, -0.2) is 0 Å². The number of phenolic OH excluding ortho intramolecular Hbond substituents is 9. The number of fused-ring (bicyclic) bond motifs is 2. The van der Waals surface area contributed by atoms with Crippen LogP contribution in [0.3, 0.4) is 0 Å². The molecule has 9 nitrogen and oxygen atoms in total. The van der Waals surface area contributed by atoms with E-state index in [1.54, 1.807) is 170 Å². The number of phenols is 9. The Morgan fingerprint density at radius 2 is 0.440 bits per heavy atom. The first-order chi connectivity index (χ1) is 68.4. The maximum absolute atomic E-state index is 9.76. The molecule has 0 aliphatic carbocycles. The zero-order valence-corrected chi connectivity index (χ0v) is 88.8. The van der Waals surface area contributed by atoms with E-state index in [9.17, 15) is 25.5 Å². The number of benzene rings is 20. The summed E-state index contributed by atoms with van der Waals surface area (Å²) in [4.78, 5) is 0. The highest BCUT2D eigenvalue weighted by Gasteiger charge is 2.15. The van der Waals surface area contributed by atoms with E-state index < -0.39 is 0 Å². The van der Waals surface area contributed by atoms with Gasteiger partial charge in [0.15, 0.2) is 0 Å². The molecule has 0 aromatic heterocycles. The molecule has 9 heteroatoms. The van der Waals surface area contributed by atoms with Gasteiger partial charge >= 0.3 is 0 Å². The van der Waals surface area contributed by atoms with E-state index in [0.29, 0.717) is 62.5 Å². The fourth-order valence-electron chi connectivity index (χ4n) is 14.0. The molecule has 744 valence electrons. The number of para-hydroxylation sites is 5. The standard InChI is InChI=1S/2C19H16.C15H16.C13H12O2.C10H8O2.C10H8O.4C6H6O.4C3H8.5C2H6/c2*1-12(2)16-10-8-15-7-6-13-4-3-5-14-9-11-17(16)19(15)18(13)14;1-3-13-6-10-15(11-7-13)14-8-4-12(2)5-9-14;1-9-6-7-11(13(15)8-9)10-4-2-3-5-12(10)14;11-9-5-1-3-7-8(9)4-2-6-10(7)12;11-10-7-3-5-8-4-1-2-6-9(8)10;4*7-6-4-2-1-3-5-6;4*1-3-2;5*1-2/h2*3-12H,1-2H3;4-11H,3H2,1-2H3;2-8,14-15H,1H3;1-6,11-12H;1-7,11H;4*1-5,7H;4*3H2,1-2H3;5*1-2H3. The maximum Gasteiger partial charge on any atom is 0.123 e. The van der Waals surface area contributed by atoms with Gasteiger partial charge in [0.2, 0.25) is 0 Å². The number of rotatable bonds is 5. The molecule has 0 atom stereocenters. The molecule has 20 rings (SSSR count). The first-order valence-corrected chi connectivity index (χ1v) is 50.5. The van der Waals surface area contributed by atoms with E-state index in [2.05, 4.69) is 255 Å². The van der Waals surface area contributed by atoms with Crippen molar-refractivity contribution in [3.63, 3.8) is 0 Å². The van der Waals surface area contributed by atoms with Crippen molar-refractivity contribution in [3.05, 3.63) is 428 Å². The van der Waals surface area contributed by atoms with Gasteiger partial charge in [0.1, 0.15) is 51.7 Å². The molecule has 0 amide bonds. The van der Waals surface area contributed by atoms with Gasteiger partial charge in [0.25, 0.3) is 0 Å². The Labute approximate surface area is 845 Å². The van der Waals surface area contributed by atoms with Crippen LogP contribution in [0.4, 0.5) is 0 Å². The van der Waals surface area contributed by atoms with Crippen LogP contribution < -0.4 is 0 Å². The van der Waals surface area contributed by atoms with Crippen molar-refractivity contribution >= 4 is 86.2 Å². The highest BCUT2D eigenvalue weighted by Crippen LogP contribution is 2.41. The van der Waals surface area contributed by atoms with Gasteiger partial charge in [-0.15, -0.1) is 0 Å². The Kier molecular flexibility index (Phi) is 62.1. The van der Waals surface area contributed by atoms with Crippen LogP contribution >= 0.6 is 0 Å². The molecule has 141 heavy (non-hydrogen) atoms. The van der Waals surface area contributed by atoms with Crippen LogP contribution in [0.5, 0.6) is 51.7 Å². The monoisotopic (exact) mass is 1890 g/mol. The summed E-state index contributed by atoms with van der Waals surface area (Å²) in [5.74, 6) is 3.52. The summed E-state index contributed by atoms with van der Waals surface area (Å²) in [6, 6.07) is 128. The van der Waals surface area contributed by atoms with Crippen molar-refractivity contribution in [2.24, 2.45) is 0 Å². The molecule has 0 radical (unpaired) electrons. The molecule has 9 N–H and O–H groups in total. The zero-order chi connectivity index (χ0) is 105. The molecule has 0 spiro atoms. The lowest BCUT2D eigenvalue weighted by atomic mass is 9.89. The largest absolute Gasteiger partial charge is 0.508 e. The summed E-state index contributed by atoms with van der Waals surface area (Å²) in [6.45, 7) is 52.3. The molecule has 0 fully saturated rings. The normalized spacial score (nSPS) is 9.55. The second kappa shape index (κ2) is 71.6. The van der Waals surface area contributed by atoms with Gasteiger partial charge in [0.05, 0.1) is 0 Å². The Bertz CT molecular complexity index is 6210. The second-order valence-electron chi connectivity index (χ2n) is 32.1. The van der Waals surface area contributed by atoms with Crippen LogP contribution in [-0.2, 0) is 6.42 Å². The molecule has 20 aromatic rings.